The average Bonchev–Trinajstić information content (AvgIpc) is 2.33. The van der Waals surface area contributed by atoms with E-state index in [2.05, 4.69) is 4.98 Å². The molecule has 1 aromatic carbocycles. The summed E-state index contributed by atoms with van der Waals surface area (Å²) in [6.45, 7) is 1.90. The Morgan fingerprint density at radius 2 is 1.94 bits per heavy atom. The molecule has 0 bridgehead atoms. The minimum absolute atomic E-state index is 0.549. The lowest BCUT2D eigenvalue weighted by atomic mass is 10.3. The van der Waals surface area contributed by atoms with Crippen molar-refractivity contribution in [2.75, 3.05) is 12.8 Å². The van der Waals surface area contributed by atoms with Crippen molar-refractivity contribution >= 4 is 5.69 Å². The molecule has 17 heavy (non-hydrogen) atoms. The van der Waals surface area contributed by atoms with Gasteiger partial charge in [-0.05, 0) is 25.1 Å². The molecule has 0 aliphatic heterocycles. The van der Waals surface area contributed by atoms with Gasteiger partial charge < -0.3 is 15.2 Å². The number of rotatable bonds is 3. The monoisotopic (exact) mass is 230 g/mol. The number of benzene rings is 1. The minimum atomic E-state index is 0.549. The van der Waals surface area contributed by atoms with E-state index in [4.69, 9.17) is 15.2 Å². The van der Waals surface area contributed by atoms with Gasteiger partial charge in [0, 0.05) is 11.6 Å². The van der Waals surface area contributed by atoms with Crippen LogP contribution < -0.4 is 15.2 Å². The number of hydrogen-bond acceptors (Lipinski definition) is 4. The first-order valence-electron chi connectivity index (χ1n) is 5.23. The van der Waals surface area contributed by atoms with Crippen LogP contribution in [0, 0.1) is 6.92 Å². The number of nitrogens with zero attached hydrogens (tertiary/aromatic N) is 1. The Morgan fingerprint density at radius 1 is 1.18 bits per heavy atom. The van der Waals surface area contributed by atoms with E-state index in [9.17, 15) is 0 Å². The van der Waals surface area contributed by atoms with Crippen LogP contribution in [-0.4, -0.2) is 12.1 Å². The summed E-state index contributed by atoms with van der Waals surface area (Å²) in [5.74, 6) is 1.98. The molecule has 0 saturated heterocycles. The molecule has 0 unspecified atom stereocenters. The zero-order valence-corrected chi connectivity index (χ0v) is 9.81. The summed E-state index contributed by atoms with van der Waals surface area (Å²) in [5.41, 5.74) is 7.15. The van der Waals surface area contributed by atoms with Crippen molar-refractivity contribution in [2.24, 2.45) is 0 Å². The van der Waals surface area contributed by atoms with Gasteiger partial charge in [0.15, 0.2) is 0 Å². The van der Waals surface area contributed by atoms with Crippen LogP contribution in [0.3, 0.4) is 0 Å². The molecule has 0 saturated carbocycles. The Morgan fingerprint density at radius 3 is 2.65 bits per heavy atom. The second-order valence-corrected chi connectivity index (χ2v) is 3.67. The third-order valence-electron chi connectivity index (χ3n) is 2.31. The summed E-state index contributed by atoms with van der Waals surface area (Å²) in [7, 11) is 1.62. The number of nitrogens with two attached hydrogens (primary N) is 1. The molecule has 2 rings (SSSR count). The van der Waals surface area contributed by atoms with Crippen LogP contribution in [0.25, 0.3) is 0 Å². The molecular weight excluding hydrogens is 216 g/mol. The molecule has 0 amide bonds. The van der Waals surface area contributed by atoms with E-state index in [1.807, 2.05) is 31.2 Å². The Balaban J connectivity index is 2.25. The minimum Gasteiger partial charge on any atom is -0.497 e. The van der Waals surface area contributed by atoms with Crippen LogP contribution in [0.4, 0.5) is 5.69 Å². The van der Waals surface area contributed by atoms with Gasteiger partial charge in [-0.3, -0.25) is 0 Å². The number of methoxy groups -OCH3 is 1. The van der Waals surface area contributed by atoms with E-state index in [1.165, 1.54) is 0 Å². The maximum absolute atomic E-state index is 5.66. The third kappa shape index (κ3) is 2.66. The summed E-state index contributed by atoms with van der Waals surface area (Å²) in [6, 6.07) is 9.19. The molecule has 88 valence electrons. The fraction of sp³-hybridized carbons (Fsp3) is 0.154. The fourth-order valence-electron chi connectivity index (χ4n) is 1.47. The molecule has 1 aromatic heterocycles. The Kier molecular flexibility index (Phi) is 3.14. The number of anilines is 1. The molecule has 0 radical (unpaired) electrons. The van der Waals surface area contributed by atoms with Gasteiger partial charge in [-0.2, -0.15) is 0 Å². The van der Waals surface area contributed by atoms with E-state index in [0.29, 0.717) is 17.3 Å². The van der Waals surface area contributed by atoms with Gasteiger partial charge in [0.1, 0.15) is 11.5 Å². The number of pyridine rings is 1. The van der Waals surface area contributed by atoms with Gasteiger partial charge in [0.05, 0.1) is 19.0 Å². The normalized spacial score (nSPS) is 10.0. The second kappa shape index (κ2) is 4.74. The highest BCUT2D eigenvalue weighted by Crippen LogP contribution is 2.26. The summed E-state index contributed by atoms with van der Waals surface area (Å²) < 4.78 is 10.8. The predicted octanol–water partition coefficient (Wildman–Crippen LogP) is 2.77. The Hall–Kier alpha value is -2.23. The van der Waals surface area contributed by atoms with Crippen LogP contribution >= 0.6 is 0 Å². The first-order valence-corrected chi connectivity index (χ1v) is 5.23. The quantitative estimate of drug-likeness (QED) is 0.880. The van der Waals surface area contributed by atoms with Crippen molar-refractivity contribution in [1.82, 2.24) is 4.98 Å². The van der Waals surface area contributed by atoms with Crippen molar-refractivity contribution in [2.45, 2.75) is 6.92 Å². The highest BCUT2D eigenvalue weighted by atomic mass is 16.5. The lowest BCUT2D eigenvalue weighted by Gasteiger charge is -2.08. The van der Waals surface area contributed by atoms with E-state index in [0.717, 1.165) is 11.3 Å². The maximum Gasteiger partial charge on any atom is 0.222 e. The number of aryl methyl sites for hydroxylation is 1. The van der Waals surface area contributed by atoms with E-state index >= 15 is 0 Å². The number of hydrogen-bond donors (Lipinski definition) is 1. The van der Waals surface area contributed by atoms with Crippen molar-refractivity contribution in [3.05, 3.63) is 42.1 Å². The standard InChI is InChI=1S/C13H14N2O2/c1-9-6-10(14)8-15-13(9)17-12-5-3-4-11(7-12)16-2/h3-8H,14H2,1-2H3. The first-order chi connectivity index (χ1) is 8.19. The van der Waals surface area contributed by atoms with Crippen LogP contribution in [0.5, 0.6) is 17.4 Å². The number of nitrogen functional groups attached to an aromatic ring is 1. The second-order valence-electron chi connectivity index (χ2n) is 3.67. The van der Waals surface area contributed by atoms with Crippen molar-refractivity contribution in [3.8, 4) is 17.4 Å². The molecule has 0 aliphatic rings. The van der Waals surface area contributed by atoms with Gasteiger partial charge in [0.2, 0.25) is 5.88 Å². The SMILES string of the molecule is COc1cccc(Oc2ncc(N)cc2C)c1. The topological polar surface area (TPSA) is 57.4 Å². The first kappa shape index (κ1) is 11.3. The summed E-state index contributed by atoms with van der Waals surface area (Å²) in [4.78, 5) is 4.14. The smallest absolute Gasteiger partial charge is 0.222 e. The molecule has 4 nitrogen and oxygen atoms in total. The number of aromatic nitrogens is 1. The Bertz CT molecular complexity index is 527. The highest BCUT2D eigenvalue weighted by Gasteiger charge is 2.04. The van der Waals surface area contributed by atoms with Crippen LogP contribution in [0.2, 0.25) is 0 Å². The van der Waals surface area contributed by atoms with Gasteiger partial charge >= 0.3 is 0 Å². The van der Waals surface area contributed by atoms with E-state index in [-0.39, 0.29) is 0 Å². The number of ether oxygens (including phenoxy) is 2. The van der Waals surface area contributed by atoms with Crippen LogP contribution in [0.15, 0.2) is 36.5 Å². The van der Waals surface area contributed by atoms with Gasteiger partial charge in [-0.15, -0.1) is 0 Å². The molecule has 2 aromatic rings. The van der Waals surface area contributed by atoms with Gasteiger partial charge in [0.25, 0.3) is 0 Å². The molecule has 0 aliphatic carbocycles. The fourth-order valence-corrected chi connectivity index (χ4v) is 1.47. The summed E-state index contributed by atoms with van der Waals surface area (Å²) >= 11 is 0. The molecule has 0 atom stereocenters. The summed E-state index contributed by atoms with van der Waals surface area (Å²) in [5, 5.41) is 0. The average molecular weight is 230 g/mol. The summed E-state index contributed by atoms with van der Waals surface area (Å²) in [6.07, 6.45) is 1.57. The largest absolute Gasteiger partial charge is 0.497 e. The molecule has 1 heterocycles. The molecule has 2 N–H and O–H groups in total. The van der Waals surface area contributed by atoms with E-state index in [1.54, 1.807) is 19.4 Å². The van der Waals surface area contributed by atoms with Gasteiger partial charge in [-0.25, -0.2) is 4.98 Å². The molecule has 0 fully saturated rings. The predicted molar refractivity (Wildman–Crippen MR) is 66.5 cm³/mol. The van der Waals surface area contributed by atoms with E-state index < -0.39 is 0 Å². The van der Waals surface area contributed by atoms with Crippen LogP contribution in [-0.2, 0) is 0 Å². The molecule has 0 spiro atoms. The van der Waals surface area contributed by atoms with Crippen molar-refractivity contribution < 1.29 is 9.47 Å². The van der Waals surface area contributed by atoms with Crippen molar-refractivity contribution in [1.29, 1.82) is 0 Å². The maximum atomic E-state index is 5.66. The zero-order valence-electron chi connectivity index (χ0n) is 9.81. The third-order valence-corrected chi connectivity index (χ3v) is 2.31. The Labute approximate surface area is 100 Å². The van der Waals surface area contributed by atoms with Crippen LogP contribution in [0.1, 0.15) is 5.56 Å². The lowest BCUT2D eigenvalue weighted by Crippen LogP contribution is -1.94. The molecule has 4 heteroatoms. The van der Waals surface area contributed by atoms with Gasteiger partial charge in [-0.1, -0.05) is 6.07 Å². The zero-order chi connectivity index (χ0) is 12.3. The van der Waals surface area contributed by atoms with Crippen molar-refractivity contribution in [3.63, 3.8) is 0 Å². The highest BCUT2D eigenvalue weighted by molar-refractivity contribution is 5.43. The molecular formula is C13H14N2O2. The lowest BCUT2D eigenvalue weighted by molar-refractivity contribution is 0.407.